The van der Waals surface area contributed by atoms with Crippen molar-refractivity contribution in [1.29, 1.82) is 0 Å². The third-order valence-electron chi connectivity index (χ3n) is 4.10. The minimum absolute atomic E-state index is 0.0885. The summed E-state index contributed by atoms with van der Waals surface area (Å²) in [6.45, 7) is 8.35. The van der Waals surface area contributed by atoms with E-state index in [1.807, 2.05) is 60.9 Å². The standard InChI is InChI=1S/C21H21ClN4OS/c1-4-10-26-20(16-6-5-7-17(22)12-16)24-25-21(26)28-13-19(27)23-18-9-8-14(2)11-15(18)3/h4-9,11-12H,1,10,13H2,2-3H3,(H,23,27). The minimum atomic E-state index is -0.0885. The summed E-state index contributed by atoms with van der Waals surface area (Å²) in [7, 11) is 0. The van der Waals surface area contributed by atoms with Crippen LogP contribution in [0.25, 0.3) is 11.4 Å². The van der Waals surface area contributed by atoms with Crippen LogP contribution in [0.2, 0.25) is 5.02 Å². The van der Waals surface area contributed by atoms with E-state index in [0.717, 1.165) is 22.4 Å². The summed E-state index contributed by atoms with van der Waals surface area (Å²) in [6.07, 6.45) is 1.78. The van der Waals surface area contributed by atoms with Crippen molar-refractivity contribution >= 4 is 35.0 Å². The topological polar surface area (TPSA) is 59.8 Å². The van der Waals surface area contributed by atoms with Crippen molar-refractivity contribution in [3.05, 3.63) is 71.3 Å². The van der Waals surface area contributed by atoms with Gasteiger partial charge in [0, 0.05) is 22.8 Å². The van der Waals surface area contributed by atoms with Gasteiger partial charge < -0.3 is 5.32 Å². The molecule has 0 saturated heterocycles. The number of thioether (sulfide) groups is 1. The quantitative estimate of drug-likeness (QED) is 0.431. The zero-order valence-electron chi connectivity index (χ0n) is 15.8. The Morgan fingerprint density at radius 3 is 2.79 bits per heavy atom. The fourth-order valence-electron chi connectivity index (χ4n) is 2.80. The van der Waals surface area contributed by atoms with Gasteiger partial charge in [-0.15, -0.1) is 16.8 Å². The number of nitrogens with one attached hydrogen (secondary N) is 1. The summed E-state index contributed by atoms with van der Waals surface area (Å²) < 4.78 is 1.92. The van der Waals surface area contributed by atoms with Gasteiger partial charge in [-0.05, 0) is 37.6 Å². The highest BCUT2D eigenvalue weighted by molar-refractivity contribution is 7.99. The number of benzene rings is 2. The first-order chi connectivity index (χ1) is 13.5. The number of hydrogen-bond acceptors (Lipinski definition) is 4. The van der Waals surface area contributed by atoms with Gasteiger partial charge in [-0.2, -0.15) is 0 Å². The average molecular weight is 413 g/mol. The van der Waals surface area contributed by atoms with Crippen LogP contribution in [0.3, 0.4) is 0 Å². The molecule has 144 valence electrons. The van der Waals surface area contributed by atoms with Crippen molar-refractivity contribution in [3.8, 4) is 11.4 Å². The Bertz CT molecular complexity index is 1020. The molecule has 3 aromatic rings. The maximum Gasteiger partial charge on any atom is 0.234 e. The maximum atomic E-state index is 12.4. The van der Waals surface area contributed by atoms with Crippen molar-refractivity contribution in [3.63, 3.8) is 0 Å². The van der Waals surface area contributed by atoms with Gasteiger partial charge in [0.15, 0.2) is 11.0 Å². The maximum absolute atomic E-state index is 12.4. The molecule has 0 spiro atoms. The Hall–Kier alpha value is -2.57. The highest BCUT2D eigenvalue weighted by atomic mass is 35.5. The van der Waals surface area contributed by atoms with E-state index in [4.69, 9.17) is 11.6 Å². The Labute approximate surface area is 173 Å². The van der Waals surface area contributed by atoms with E-state index in [0.29, 0.717) is 22.5 Å². The molecule has 0 saturated carbocycles. The van der Waals surface area contributed by atoms with Crippen molar-refractivity contribution in [2.24, 2.45) is 0 Å². The second-order valence-corrected chi connectivity index (χ2v) is 7.75. The molecule has 0 radical (unpaired) electrons. The first-order valence-electron chi connectivity index (χ1n) is 8.78. The number of hydrogen-bond donors (Lipinski definition) is 1. The van der Waals surface area contributed by atoms with Crippen LogP contribution in [0.15, 0.2) is 60.3 Å². The van der Waals surface area contributed by atoms with Crippen molar-refractivity contribution in [2.45, 2.75) is 25.5 Å². The lowest BCUT2D eigenvalue weighted by atomic mass is 10.1. The van der Waals surface area contributed by atoms with Crippen molar-refractivity contribution in [1.82, 2.24) is 14.8 Å². The van der Waals surface area contributed by atoms with E-state index in [1.54, 1.807) is 6.08 Å². The number of aromatic nitrogens is 3. The zero-order chi connectivity index (χ0) is 20.1. The normalized spacial score (nSPS) is 10.7. The van der Waals surface area contributed by atoms with Crippen molar-refractivity contribution < 1.29 is 4.79 Å². The summed E-state index contributed by atoms with van der Waals surface area (Å²) in [5, 5.41) is 12.8. The van der Waals surface area contributed by atoms with E-state index in [2.05, 4.69) is 22.1 Å². The van der Waals surface area contributed by atoms with Crippen LogP contribution in [0.1, 0.15) is 11.1 Å². The molecule has 7 heteroatoms. The molecule has 0 aliphatic carbocycles. The lowest BCUT2D eigenvalue weighted by Crippen LogP contribution is -2.15. The molecule has 1 aromatic heterocycles. The largest absolute Gasteiger partial charge is 0.325 e. The number of allylic oxidation sites excluding steroid dienone is 1. The molecular weight excluding hydrogens is 392 g/mol. The first kappa shape index (κ1) is 20.2. The van der Waals surface area contributed by atoms with E-state index in [9.17, 15) is 4.79 Å². The number of aryl methyl sites for hydroxylation is 2. The molecule has 5 nitrogen and oxygen atoms in total. The second kappa shape index (κ2) is 9.08. The lowest BCUT2D eigenvalue weighted by molar-refractivity contribution is -0.113. The molecule has 1 N–H and O–H groups in total. The smallest absolute Gasteiger partial charge is 0.234 e. The van der Waals surface area contributed by atoms with E-state index >= 15 is 0 Å². The summed E-state index contributed by atoms with van der Waals surface area (Å²) >= 11 is 7.44. The summed E-state index contributed by atoms with van der Waals surface area (Å²) in [4.78, 5) is 12.4. The Balaban J connectivity index is 1.73. The number of anilines is 1. The Morgan fingerprint density at radius 1 is 1.25 bits per heavy atom. The molecular formula is C21H21ClN4OS. The van der Waals surface area contributed by atoms with E-state index in [1.165, 1.54) is 11.8 Å². The number of carbonyl (C=O) groups excluding carboxylic acids is 1. The van der Waals surface area contributed by atoms with Crippen LogP contribution < -0.4 is 5.32 Å². The monoisotopic (exact) mass is 412 g/mol. The molecule has 1 heterocycles. The number of amides is 1. The van der Waals surface area contributed by atoms with Crippen LogP contribution in [0.5, 0.6) is 0 Å². The lowest BCUT2D eigenvalue weighted by Gasteiger charge is -2.10. The molecule has 0 unspecified atom stereocenters. The van der Waals surface area contributed by atoms with E-state index < -0.39 is 0 Å². The Kier molecular flexibility index (Phi) is 6.54. The molecule has 0 fully saturated rings. The molecule has 28 heavy (non-hydrogen) atoms. The number of carbonyl (C=O) groups is 1. The SMILES string of the molecule is C=CCn1c(SCC(=O)Nc2ccc(C)cc2C)nnc1-c1cccc(Cl)c1. The molecule has 2 aromatic carbocycles. The average Bonchev–Trinajstić information content (AvgIpc) is 3.05. The van der Waals surface area contributed by atoms with Gasteiger partial charge in [-0.1, -0.05) is 59.3 Å². The number of nitrogens with zero attached hydrogens (tertiary/aromatic N) is 3. The van der Waals surface area contributed by atoms with Crippen LogP contribution in [-0.2, 0) is 11.3 Å². The molecule has 3 rings (SSSR count). The van der Waals surface area contributed by atoms with Gasteiger partial charge >= 0.3 is 0 Å². The number of rotatable bonds is 7. The fraction of sp³-hybridized carbons (Fsp3) is 0.190. The van der Waals surface area contributed by atoms with Gasteiger partial charge in [0.25, 0.3) is 0 Å². The number of halogens is 1. The van der Waals surface area contributed by atoms with Gasteiger partial charge in [0.1, 0.15) is 0 Å². The van der Waals surface area contributed by atoms with Crippen molar-refractivity contribution in [2.75, 3.05) is 11.1 Å². The highest BCUT2D eigenvalue weighted by Crippen LogP contribution is 2.26. The van der Waals surface area contributed by atoms with Crippen LogP contribution in [0, 0.1) is 13.8 Å². The van der Waals surface area contributed by atoms with E-state index in [-0.39, 0.29) is 11.7 Å². The third-order valence-corrected chi connectivity index (χ3v) is 5.30. The Morgan fingerprint density at radius 2 is 2.07 bits per heavy atom. The molecule has 0 atom stereocenters. The molecule has 0 bridgehead atoms. The summed E-state index contributed by atoms with van der Waals surface area (Å²) in [5.74, 6) is 0.840. The molecule has 0 aliphatic heterocycles. The summed E-state index contributed by atoms with van der Waals surface area (Å²) in [6, 6.07) is 13.4. The predicted octanol–water partition coefficient (Wildman–Crippen LogP) is 5.13. The predicted molar refractivity (Wildman–Crippen MR) is 116 cm³/mol. The zero-order valence-corrected chi connectivity index (χ0v) is 17.3. The highest BCUT2D eigenvalue weighted by Gasteiger charge is 2.15. The first-order valence-corrected chi connectivity index (χ1v) is 10.1. The molecule has 1 amide bonds. The van der Waals surface area contributed by atoms with Crippen LogP contribution in [0.4, 0.5) is 5.69 Å². The minimum Gasteiger partial charge on any atom is -0.325 e. The van der Waals surface area contributed by atoms with Crippen LogP contribution in [-0.4, -0.2) is 26.4 Å². The van der Waals surface area contributed by atoms with Gasteiger partial charge in [0.2, 0.25) is 5.91 Å². The van der Waals surface area contributed by atoms with Gasteiger partial charge in [-0.3, -0.25) is 9.36 Å². The third kappa shape index (κ3) is 4.82. The molecule has 0 aliphatic rings. The van der Waals surface area contributed by atoms with Crippen LogP contribution >= 0.6 is 23.4 Å². The second-order valence-electron chi connectivity index (χ2n) is 6.37. The van der Waals surface area contributed by atoms with Gasteiger partial charge in [0.05, 0.1) is 5.75 Å². The summed E-state index contributed by atoms with van der Waals surface area (Å²) in [5.41, 5.74) is 3.89. The van der Waals surface area contributed by atoms with Gasteiger partial charge in [-0.25, -0.2) is 0 Å². The fourth-order valence-corrected chi connectivity index (χ4v) is 3.74.